The Bertz CT molecular complexity index is 646. The SMILES string of the molecule is Cc1ccc(OCc2ccc3c(c2)CCC3)c(C(C)N)c1. The number of fused-ring (bicyclic) bond motifs is 1. The van der Waals surface area contributed by atoms with E-state index in [2.05, 4.69) is 37.3 Å². The van der Waals surface area contributed by atoms with Crippen molar-refractivity contribution in [1.82, 2.24) is 0 Å². The van der Waals surface area contributed by atoms with Gasteiger partial charge in [-0.25, -0.2) is 0 Å². The number of ether oxygens (including phenoxy) is 1. The van der Waals surface area contributed by atoms with Gasteiger partial charge in [0.05, 0.1) is 0 Å². The molecule has 0 amide bonds. The molecule has 2 heteroatoms. The summed E-state index contributed by atoms with van der Waals surface area (Å²) < 4.78 is 6.02. The van der Waals surface area contributed by atoms with Crippen molar-refractivity contribution in [3.8, 4) is 5.75 Å². The molecule has 1 unspecified atom stereocenters. The highest BCUT2D eigenvalue weighted by molar-refractivity contribution is 5.39. The molecule has 2 nitrogen and oxygen atoms in total. The zero-order valence-corrected chi connectivity index (χ0v) is 12.9. The van der Waals surface area contributed by atoms with Crippen LogP contribution in [0.4, 0.5) is 0 Å². The molecule has 0 fully saturated rings. The molecule has 1 aliphatic rings. The van der Waals surface area contributed by atoms with Crippen molar-refractivity contribution in [2.45, 2.75) is 45.8 Å². The van der Waals surface area contributed by atoms with Crippen molar-refractivity contribution >= 4 is 0 Å². The third-order valence-electron chi connectivity index (χ3n) is 4.21. The molecule has 3 rings (SSSR count). The average molecular weight is 281 g/mol. The third-order valence-corrected chi connectivity index (χ3v) is 4.21. The Balaban J connectivity index is 1.76. The lowest BCUT2D eigenvalue weighted by Crippen LogP contribution is -2.08. The predicted octanol–water partition coefficient (Wildman–Crippen LogP) is 4.08. The summed E-state index contributed by atoms with van der Waals surface area (Å²) in [7, 11) is 0. The number of benzene rings is 2. The minimum absolute atomic E-state index is 0.0140. The maximum Gasteiger partial charge on any atom is 0.124 e. The molecule has 1 aliphatic carbocycles. The predicted molar refractivity (Wildman–Crippen MR) is 86.6 cm³/mol. The van der Waals surface area contributed by atoms with Crippen molar-refractivity contribution in [3.63, 3.8) is 0 Å². The molecule has 2 aromatic carbocycles. The van der Waals surface area contributed by atoms with Crippen LogP contribution in [0.25, 0.3) is 0 Å². The highest BCUT2D eigenvalue weighted by Crippen LogP contribution is 2.27. The summed E-state index contributed by atoms with van der Waals surface area (Å²) in [6.07, 6.45) is 3.72. The van der Waals surface area contributed by atoms with Gasteiger partial charge < -0.3 is 10.5 Å². The monoisotopic (exact) mass is 281 g/mol. The Kier molecular flexibility index (Phi) is 3.98. The van der Waals surface area contributed by atoms with Gasteiger partial charge in [-0.2, -0.15) is 0 Å². The van der Waals surface area contributed by atoms with E-state index < -0.39 is 0 Å². The fraction of sp³-hybridized carbons (Fsp3) is 0.368. The molecule has 2 N–H and O–H groups in total. The molecule has 0 saturated carbocycles. The first-order valence-electron chi connectivity index (χ1n) is 7.73. The van der Waals surface area contributed by atoms with Crippen LogP contribution >= 0.6 is 0 Å². The first-order chi connectivity index (χ1) is 10.1. The van der Waals surface area contributed by atoms with E-state index >= 15 is 0 Å². The molecule has 21 heavy (non-hydrogen) atoms. The Morgan fingerprint density at radius 3 is 2.71 bits per heavy atom. The van der Waals surface area contributed by atoms with Crippen LogP contribution in [0.2, 0.25) is 0 Å². The van der Waals surface area contributed by atoms with Gasteiger partial charge >= 0.3 is 0 Å². The van der Waals surface area contributed by atoms with Gasteiger partial charge in [-0.3, -0.25) is 0 Å². The molecule has 0 radical (unpaired) electrons. The van der Waals surface area contributed by atoms with E-state index in [1.54, 1.807) is 0 Å². The van der Waals surface area contributed by atoms with Crippen LogP contribution in [-0.4, -0.2) is 0 Å². The number of nitrogens with two attached hydrogens (primary N) is 1. The second-order valence-corrected chi connectivity index (χ2v) is 6.08. The largest absolute Gasteiger partial charge is 0.489 e. The summed E-state index contributed by atoms with van der Waals surface area (Å²) in [5, 5.41) is 0. The fourth-order valence-electron chi connectivity index (χ4n) is 3.03. The van der Waals surface area contributed by atoms with Gasteiger partial charge in [-0.05, 0) is 55.9 Å². The Morgan fingerprint density at radius 1 is 1.10 bits per heavy atom. The lowest BCUT2D eigenvalue weighted by atomic mass is 10.0. The maximum absolute atomic E-state index is 6.05. The van der Waals surface area contributed by atoms with Crippen LogP contribution in [-0.2, 0) is 19.4 Å². The highest BCUT2D eigenvalue weighted by Gasteiger charge is 2.12. The van der Waals surface area contributed by atoms with Crippen LogP contribution in [0.1, 0.15) is 47.2 Å². The van der Waals surface area contributed by atoms with Crippen molar-refractivity contribution in [3.05, 3.63) is 64.2 Å². The molecule has 0 spiro atoms. The van der Waals surface area contributed by atoms with Gasteiger partial charge in [0.1, 0.15) is 12.4 Å². The molecular weight excluding hydrogens is 258 g/mol. The van der Waals surface area contributed by atoms with Crippen LogP contribution in [0.15, 0.2) is 36.4 Å². The first-order valence-corrected chi connectivity index (χ1v) is 7.73. The van der Waals surface area contributed by atoms with Gasteiger partial charge in [-0.15, -0.1) is 0 Å². The zero-order chi connectivity index (χ0) is 14.8. The summed E-state index contributed by atoms with van der Waals surface area (Å²) in [4.78, 5) is 0. The molecule has 110 valence electrons. The fourth-order valence-corrected chi connectivity index (χ4v) is 3.03. The van der Waals surface area contributed by atoms with E-state index in [9.17, 15) is 0 Å². The van der Waals surface area contributed by atoms with E-state index in [1.807, 2.05) is 13.0 Å². The van der Waals surface area contributed by atoms with Crippen LogP contribution in [0, 0.1) is 6.92 Å². The topological polar surface area (TPSA) is 35.2 Å². The number of hydrogen-bond acceptors (Lipinski definition) is 2. The van der Waals surface area contributed by atoms with E-state index in [4.69, 9.17) is 10.5 Å². The summed E-state index contributed by atoms with van der Waals surface area (Å²) in [6.45, 7) is 4.68. The minimum Gasteiger partial charge on any atom is -0.489 e. The van der Waals surface area contributed by atoms with Gasteiger partial charge in [0.25, 0.3) is 0 Å². The van der Waals surface area contributed by atoms with Crippen LogP contribution < -0.4 is 10.5 Å². The highest BCUT2D eigenvalue weighted by atomic mass is 16.5. The zero-order valence-electron chi connectivity index (χ0n) is 12.9. The average Bonchev–Trinajstić information content (AvgIpc) is 2.93. The van der Waals surface area contributed by atoms with E-state index in [1.165, 1.54) is 41.5 Å². The summed E-state index contributed by atoms with van der Waals surface area (Å²) in [5.41, 5.74) is 12.6. The quantitative estimate of drug-likeness (QED) is 0.916. The minimum atomic E-state index is -0.0140. The smallest absolute Gasteiger partial charge is 0.124 e. The van der Waals surface area contributed by atoms with Crippen LogP contribution in [0.3, 0.4) is 0 Å². The number of hydrogen-bond donors (Lipinski definition) is 1. The molecule has 0 aliphatic heterocycles. The van der Waals surface area contributed by atoms with E-state index in [0.717, 1.165) is 11.3 Å². The Morgan fingerprint density at radius 2 is 1.90 bits per heavy atom. The normalized spacial score (nSPS) is 14.8. The van der Waals surface area contributed by atoms with Crippen molar-refractivity contribution in [2.75, 3.05) is 0 Å². The standard InChI is InChI=1S/C19H23NO/c1-13-6-9-19(18(10-13)14(2)20)21-12-15-7-8-16-4-3-5-17(16)11-15/h6-11,14H,3-5,12,20H2,1-2H3. The van der Waals surface area contributed by atoms with Crippen molar-refractivity contribution in [2.24, 2.45) is 5.73 Å². The number of aryl methyl sites for hydroxylation is 3. The van der Waals surface area contributed by atoms with Gasteiger partial charge in [0, 0.05) is 11.6 Å². The molecule has 2 aromatic rings. The maximum atomic E-state index is 6.05. The lowest BCUT2D eigenvalue weighted by Gasteiger charge is -2.15. The second-order valence-electron chi connectivity index (χ2n) is 6.08. The first kappa shape index (κ1) is 14.2. The molecule has 0 heterocycles. The molecule has 0 saturated heterocycles. The Hall–Kier alpha value is -1.80. The molecule has 0 aromatic heterocycles. The van der Waals surface area contributed by atoms with Gasteiger partial charge in [0.15, 0.2) is 0 Å². The summed E-state index contributed by atoms with van der Waals surface area (Å²) in [5.74, 6) is 0.899. The molecular formula is C19H23NO. The van der Waals surface area contributed by atoms with Gasteiger partial charge in [0.2, 0.25) is 0 Å². The third kappa shape index (κ3) is 3.11. The Labute approximate surface area is 126 Å². The molecule has 1 atom stereocenters. The summed E-state index contributed by atoms with van der Waals surface area (Å²) in [6, 6.07) is 12.9. The summed E-state index contributed by atoms with van der Waals surface area (Å²) >= 11 is 0. The van der Waals surface area contributed by atoms with Crippen molar-refractivity contribution < 1.29 is 4.74 Å². The van der Waals surface area contributed by atoms with Gasteiger partial charge in [-0.1, -0.05) is 35.9 Å². The second kappa shape index (κ2) is 5.90. The molecule has 0 bridgehead atoms. The lowest BCUT2D eigenvalue weighted by molar-refractivity contribution is 0.301. The van der Waals surface area contributed by atoms with E-state index in [0.29, 0.717) is 6.61 Å². The number of rotatable bonds is 4. The van der Waals surface area contributed by atoms with Crippen molar-refractivity contribution in [1.29, 1.82) is 0 Å². The van der Waals surface area contributed by atoms with E-state index in [-0.39, 0.29) is 6.04 Å². The van der Waals surface area contributed by atoms with Crippen LogP contribution in [0.5, 0.6) is 5.75 Å².